The van der Waals surface area contributed by atoms with Gasteiger partial charge >= 0.3 is 0 Å². The Balaban J connectivity index is 0. The van der Waals surface area contributed by atoms with Crippen LogP contribution >= 0.6 is 0 Å². The summed E-state index contributed by atoms with van der Waals surface area (Å²) in [5, 5.41) is 0. The van der Waals surface area contributed by atoms with Crippen LogP contribution in [0.15, 0.2) is 0 Å². The van der Waals surface area contributed by atoms with Crippen LogP contribution in [0.3, 0.4) is 0 Å². The molecule has 6 unspecified atom stereocenters. The highest BCUT2D eigenvalue weighted by Crippen LogP contribution is 2.43. The smallest absolute Gasteiger partial charge is 0.0381 e. The summed E-state index contributed by atoms with van der Waals surface area (Å²) in [6.45, 7) is 27.5. The van der Waals surface area contributed by atoms with Crippen LogP contribution in [0, 0.1) is 47.3 Å². The number of hydrogen-bond donors (Lipinski definition) is 0. The SMILES string of the molecule is CC.CC1CCCC(C)CC1.CCC(C)C(C)CC.CCC1CC(C(C)C(C)CC)C1. The second-order valence-electron chi connectivity index (χ2n) is 11.2. The molecule has 2 saturated carbocycles. The highest BCUT2D eigenvalue weighted by molar-refractivity contribution is 4.83. The molecule has 0 aliphatic heterocycles. The zero-order chi connectivity index (χ0) is 24.4. The second kappa shape index (κ2) is 20.6. The molecule has 6 atom stereocenters. The maximum Gasteiger partial charge on any atom is -0.0381 e. The zero-order valence-corrected chi connectivity index (χ0v) is 24.4. The van der Waals surface area contributed by atoms with E-state index in [0.29, 0.717) is 0 Å². The Morgan fingerprint density at radius 1 is 0.613 bits per heavy atom. The highest BCUT2D eigenvalue weighted by Gasteiger charge is 2.33. The van der Waals surface area contributed by atoms with E-state index in [4.69, 9.17) is 0 Å². The fourth-order valence-electron chi connectivity index (χ4n) is 4.86. The average molecular weight is 439 g/mol. The minimum Gasteiger partial charge on any atom is -0.0683 e. The standard InChI is InChI=1S/C12H24.C9H18.C8H18.C2H6/c1-5-9(3)10(4)12-7-11(6-2)8-12;1-8-4-3-5-9(2)7-6-8;1-5-7(3)8(4)6-2;1-2/h9-12H,5-8H2,1-4H3;8-9H,3-7H2,1-2H3;7-8H,5-6H2,1-4H3;1-2H3. The fourth-order valence-corrected chi connectivity index (χ4v) is 4.86. The van der Waals surface area contributed by atoms with E-state index in [2.05, 4.69) is 69.2 Å². The van der Waals surface area contributed by atoms with Gasteiger partial charge in [0.15, 0.2) is 0 Å². The molecule has 31 heavy (non-hydrogen) atoms. The summed E-state index contributed by atoms with van der Waals surface area (Å²) in [5.41, 5.74) is 0. The summed E-state index contributed by atoms with van der Waals surface area (Å²) in [5.74, 6) is 7.89. The van der Waals surface area contributed by atoms with Gasteiger partial charge in [-0.1, -0.05) is 141 Å². The minimum atomic E-state index is 0.917. The molecular weight excluding hydrogens is 372 g/mol. The van der Waals surface area contributed by atoms with E-state index in [9.17, 15) is 0 Å². The molecule has 2 aliphatic carbocycles. The van der Waals surface area contributed by atoms with E-state index >= 15 is 0 Å². The topological polar surface area (TPSA) is 0 Å². The Labute approximate surface area is 201 Å². The van der Waals surface area contributed by atoms with Crippen molar-refractivity contribution in [3.8, 4) is 0 Å². The molecule has 0 amide bonds. The van der Waals surface area contributed by atoms with Crippen LogP contribution in [0.4, 0.5) is 0 Å². The quantitative estimate of drug-likeness (QED) is 0.346. The van der Waals surface area contributed by atoms with Gasteiger partial charge in [-0.3, -0.25) is 0 Å². The van der Waals surface area contributed by atoms with Gasteiger partial charge in [0, 0.05) is 0 Å². The van der Waals surface area contributed by atoms with Gasteiger partial charge in [-0.15, -0.1) is 0 Å². The Bertz CT molecular complexity index is 335. The van der Waals surface area contributed by atoms with Crippen molar-refractivity contribution >= 4 is 0 Å². The Hall–Kier alpha value is 0. The number of rotatable bonds is 7. The van der Waals surface area contributed by atoms with E-state index in [1.165, 1.54) is 70.6 Å². The maximum atomic E-state index is 2.45. The predicted octanol–water partition coefficient (Wildman–Crippen LogP) is 11.4. The van der Waals surface area contributed by atoms with E-state index in [1.807, 2.05) is 13.8 Å². The van der Waals surface area contributed by atoms with E-state index in [0.717, 1.165) is 47.3 Å². The van der Waals surface area contributed by atoms with Crippen molar-refractivity contribution in [1.82, 2.24) is 0 Å². The lowest BCUT2D eigenvalue weighted by Gasteiger charge is -2.41. The van der Waals surface area contributed by atoms with Crippen molar-refractivity contribution in [2.75, 3.05) is 0 Å². The molecule has 2 fully saturated rings. The first-order chi connectivity index (χ1) is 14.7. The average Bonchev–Trinajstić information content (AvgIpc) is 2.96. The highest BCUT2D eigenvalue weighted by atomic mass is 14.4. The minimum absolute atomic E-state index is 0.917. The Morgan fingerprint density at radius 2 is 1.00 bits per heavy atom. The second-order valence-corrected chi connectivity index (χ2v) is 11.2. The molecule has 0 nitrogen and oxygen atoms in total. The van der Waals surface area contributed by atoms with Crippen molar-refractivity contribution in [1.29, 1.82) is 0 Å². The first kappa shape index (κ1) is 33.2. The lowest BCUT2D eigenvalue weighted by molar-refractivity contribution is 0.0966. The summed E-state index contributed by atoms with van der Waals surface area (Å²) < 4.78 is 0. The molecule has 2 rings (SSSR count). The van der Waals surface area contributed by atoms with Gasteiger partial charge in [0.25, 0.3) is 0 Å². The molecule has 0 aromatic rings. The van der Waals surface area contributed by atoms with Crippen LogP contribution < -0.4 is 0 Å². The van der Waals surface area contributed by atoms with Crippen LogP contribution in [-0.4, -0.2) is 0 Å². The summed E-state index contributed by atoms with van der Waals surface area (Å²) in [7, 11) is 0. The molecule has 2 aliphatic rings. The zero-order valence-electron chi connectivity index (χ0n) is 24.4. The summed E-state index contributed by atoms with van der Waals surface area (Å²) in [6, 6.07) is 0. The molecule has 190 valence electrons. The molecule has 0 saturated heterocycles. The lowest BCUT2D eigenvalue weighted by atomic mass is 9.65. The van der Waals surface area contributed by atoms with Crippen LogP contribution in [0.25, 0.3) is 0 Å². The van der Waals surface area contributed by atoms with Crippen molar-refractivity contribution in [2.45, 2.75) is 154 Å². The van der Waals surface area contributed by atoms with Gasteiger partial charge in [-0.05, 0) is 60.2 Å². The van der Waals surface area contributed by atoms with Crippen LogP contribution in [0.5, 0.6) is 0 Å². The molecule has 0 bridgehead atoms. The van der Waals surface area contributed by atoms with Gasteiger partial charge in [-0.2, -0.15) is 0 Å². The Morgan fingerprint density at radius 3 is 1.32 bits per heavy atom. The fraction of sp³-hybridized carbons (Fsp3) is 1.00. The third-order valence-corrected chi connectivity index (χ3v) is 8.94. The molecule has 0 radical (unpaired) electrons. The van der Waals surface area contributed by atoms with E-state index in [-0.39, 0.29) is 0 Å². The van der Waals surface area contributed by atoms with E-state index < -0.39 is 0 Å². The van der Waals surface area contributed by atoms with Crippen LogP contribution in [-0.2, 0) is 0 Å². The first-order valence-corrected chi connectivity index (χ1v) is 14.7. The molecule has 0 spiro atoms. The molecule has 0 N–H and O–H groups in total. The van der Waals surface area contributed by atoms with Gasteiger partial charge in [-0.25, -0.2) is 0 Å². The van der Waals surface area contributed by atoms with Gasteiger partial charge in [0.05, 0.1) is 0 Å². The third-order valence-electron chi connectivity index (χ3n) is 8.94. The van der Waals surface area contributed by atoms with Gasteiger partial charge < -0.3 is 0 Å². The van der Waals surface area contributed by atoms with Gasteiger partial charge in [0.2, 0.25) is 0 Å². The van der Waals surface area contributed by atoms with Crippen LogP contribution in [0.2, 0.25) is 0 Å². The first-order valence-electron chi connectivity index (χ1n) is 14.7. The largest absolute Gasteiger partial charge is 0.0683 e. The summed E-state index contributed by atoms with van der Waals surface area (Å²) >= 11 is 0. The summed E-state index contributed by atoms with van der Waals surface area (Å²) in [4.78, 5) is 0. The van der Waals surface area contributed by atoms with E-state index in [1.54, 1.807) is 0 Å². The summed E-state index contributed by atoms with van der Waals surface area (Å²) in [6.07, 6.45) is 15.8. The molecule has 0 aromatic heterocycles. The maximum absolute atomic E-state index is 2.45. The van der Waals surface area contributed by atoms with Crippen molar-refractivity contribution in [2.24, 2.45) is 47.3 Å². The lowest BCUT2D eigenvalue weighted by Crippen LogP contribution is -2.31. The van der Waals surface area contributed by atoms with Crippen LogP contribution in [0.1, 0.15) is 154 Å². The Kier molecular flexibility index (Phi) is 22.0. The molecule has 0 aromatic carbocycles. The normalized spacial score (nSPS) is 29.0. The van der Waals surface area contributed by atoms with Gasteiger partial charge in [0.1, 0.15) is 0 Å². The van der Waals surface area contributed by atoms with Crippen molar-refractivity contribution < 1.29 is 0 Å². The predicted molar refractivity (Wildman–Crippen MR) is 147 cm³/mol. The van der Waals surface area contributed by atoms with Crippen molar-refractivity contribution in [3.05, 3.63) is 0 Å². The monoisotopic (exact) mass is 439 g/mol. The molecule has 0 heterocycles. The number of hydrogen-bond acceptors (Lipinski definition) is 0. The third kappa shape index (κ3) is 15.5. The van der Waals surface area contributed by atoms with Crippen molar-refractivity contribution in [3.63, 3.8) is 0 Å². The molecular formula is C31H66. The molecule has 0 heteroatoms.